The lowest BCUT2D eigenvalue weighted by molar-refractivity contribution is -0.00264. The molecule has 1 atom stereocenters. The molecule has 1 unspecified atom stereocenters. The first-order chi connectivity index (χ1) is 10.2. The van der Waals surface area contributed by atoms with Gasteiger partial charge in [0.15, 0.2) is 0 Å². The molecule has 0 spiro atoms. The SMILES string of the molecule is CCCNCc1cc(CN(C)CC2CCCCO2)c(C)o1. The first-order valence-electron chi connectivity index (χ1n) is 8.28. The highest BCUT2D eigenvalue weighted by molar-refractivity contribution is 5.20. The van der Waals surface area contributed by atoms with E-state index in [0.717, 1.165) is 50.7 Å². The van der Waals surface area contributed by atoms with Gasteiger partial charge in [0.1, 0.15) is 11.5 Å². The largest absolute Gasteiger partial charge is 0.465 e. The number of hydrogen-bond acceptors (Lipinski definition) is 4. The molecule has 1 saturated heterocycles. The maximum absolute atomic E-state index is 5.83. The zero-order valence-corrected chi connectivity index (χ0v) is 13.8. The summed E-state index contributed by atoms with van der Waals surface area (Å²) in [6, 6.07) is 2.19. The molecule has 1 aromatic heterocycles. The van der Waals surface area contributed by atoms with Crippen LogP contribution in [0.25, 0.3) is 0 Å². The third-order valence-corrected chi connectivity index (χ3v) is 4.03. The molecule has 0 aliphatic carbocycles. The highest BCUT2D eigenvalue weighted by Crippen LogP contribution is 2.18. The quantitative estimate of drug-likeness (QED) is 0.748. The Morgan fingerprint density at radius 3 is 2.95 bits per heavy atom. The molecular weight excluding hydrogens is 264 g/mol. The second-order valence-corrected chi connectivity index (χ2v) is 6.16. The van der Waals surface area contributed by atoms with Crippen molar-refractivity contribution in [2.75, 3.05) is 26.7 Å². The van der Waals surface area contributed by atoms with Gasteiger partial charge in [-0.15, -0.1) is 0 Å². The van der Waals surface area contributed by atoms with E-state index in [9.17, 15) is 0 Å². The molecule has 0 aromatic carbocycles. The molecule has 1 N–H and O–H groups in total. The van der Waals surface area contributed by atoms with Crippen LogP contribution >= 0.6 is 0 Å². The van der Waals surface area contributed by atoms with Crippen LogP contribution in [0.1, 0.15) is 49.7 Å². The average molecular weight is 294 g/mol. The summed E-state index contributed by atoms with van der Waals surface area (Å²) in [7, 11) is 2.17. The van der Waals surface area contributed by atoms with Crippen LogP contribution in [0.5, 0.6) is 0 Å². The van der Waals surface area contributed by atoms with E-state index in [1.807, 2.05) is 0 Å². The first kappa shape index (κ1) is 16.5. The van der Waals surface area contributed by atoms with Gasteiger partial charge in [-0.1, -0.05) is 6.92 Å². The Balaban J connectivity index is 1.80. The third kappa shape index (κ3) is 5.46. The average Bonchev–Trinajstić information content (AvgIpc) is 2.80. The topological polar surface area (TPSA) is 37.6 Å². The van der Waals surface area contributed by atoms with Crippen LogP contribution < -0.4 is 5.32 Å². The van der Waals surface area contributed by atoms with Crippen LogP contribution in [0.15, 0.2) is 10.5 Å². The summed E-state index contributed by atoms with van der Waals surface area (Å²) in [6.45, 7) is 8.96. The van der Waals surface area contributed by atoms with Crippen molar-refractivity contribution in [3.63, 3.8) is 0 Å². The number of likely N-dealkylation sites (N-methyl/N-ethyl adjacent to an activating group) is 1. The Morgan fingerprint density at radius 1 is 1.38 bits per heavy atom. The van der Waals surface area contributed by atoms with Gasteiger partial charge < -0.3 is 14.5 Å². The van der Waals surface area contributed by atoms with E-state index >= 15 is 0 Å². The lowest BCUT2D eigenvalue weighted by Gasteiger charge is -2.27. The van der Waals surface area contributed by atoms with Gasteiger partial charge in [-0.2, -0.15) is 0 Å². The van der Waals surface area contributed by atoms with Crippen LogP contribution in [0.3, 0.4) is 0 Å². The fourth-order valence-corrected chi connectivity index (χ4v) is 2.87. The molecular formula is C17H30N2O2. The number of furan rings is 1. The number of aryl methyl sites for hydroxylation is 1. The number of ether oxygens (including phenoxy) is 1. The van der Waals surface area contributed by atoms with Crippen molar-refractivity contribution in [3.8, 4) is 0 Å². The van der Waals surface area contributed by atoms with E-state index in [4.69, 9.17) is 9.15 Å². The van der Waals surface area contributed by atoms with Gasteiger partial charge in [0.05, 0.1) is 12.6 Å². The van der Waals surface area contributed by atoms with Crippen molar-refractivity contribution in [3.05, 3.63) is 23.2 Å². The van der Waals surface area contributed by atoms with Crippen LogP contribution in [-0.2, 0) is 17.8 Å². The molecule has 1 aliphatic rings. The molecule has 0 bridgehead atoms. The molecule has 0 saturated carbocycles. The van der Waals surface area contributed by atoms with Crippen molar-refractivity contribution in [1.82, 2.24) is 10.2 Å². The number of hydrogen-bond donors (Lipinski definition) is 1. The van der Waals surface area contributed by atoms with E-state index in [2.05, 4.69) is 37.2 Å². The van der Waals surface area contributed by atoms with E-state index < -0.39 is 0 Å². The molecule has 1 aromatic rings. The normalized spacial score (nSPS) is 19.3. The maximum atomic E-state index is 5.83. The Hall–Kier alpha value is -0.840. The summed E-state index contributed by atoms with van der Waals surface area (Å²) >= 11 is 0. The molecule has 1 fully saturated rings. The molecule has 120 valence electrons. The summed E-state index contributed by atoms with van der Waals surface area (Å²) in [4.78, 5) is 2.34. The number of rotatable bonds is 8. The van der Waals surface area contributed by atoms with E-state index in [1.165, 1.54) is 24.8 Å². The van der Waals surface area contributed by atoms with Crippen molar-refractivity contribution < 1.29 is 9.15 Å². The minimum absolute atomic E-state index is 0.404. The molecule has 2 heterocycles. The summed E-state index contributed by atoms with van der Waals surface area (Å²) in [5.74, 6) is 2.08. The predicted molar refractivity (Wildman–Crippen MR) is 85.4 cm³/mol. The van der Waals surface area contributed by atoms with Gasteiger partial charge >= 0.3 is 0 Å². The number of nitrogens with one attached hydrogen (secondary N) is 1. The summed E-state index contributed by atoms with van der Waals surface area (Å²) in [6.07, 6.45) is 5.27. The zero-order chi connectivity index (χ0) is 15.1. The van der Waals surface area contributed by atoms with Gasteiger partial charge in [0, 0.05) is 25.3 Å². The monoisotopic (exact) mass is 294 g/mol. The summed E-state index contributed by atoms with van der Waals surface area (Å²) < 4.78 is 11.6. The Labute approximate surface area is 128 Å². The maximum Gasteiger partial charge on any atom is 0.118 e. The molecule has 4 nitrogen and oxygen atoms in total. The van der Waals surface area contributed by atoms with Crippen LogP contribution in [-0.4, -0.2) is 37.7 Å². The second kappa shape index (κ2) is 8.57. The fourth-order valence-electron chi connectivity index (χ4n) is 2.87. The Kier molecular flexibility index (Phi) is 6.74. The fraction of sp³-hybridized carbons (Fsp3) is 0.765. The predicted octanol–water partition coefficient (Wildman–Crippen LogP) is 3.09. The Bertz CT molecular complexity index is 411. The smallest absolute Gasteiger partial charge is 0.118 e. The van der Waals surface area contributed by atoms with Crippen LogP contribution in [0.2, 0.25) is 0 Å². The number of nitrogens with zero attached hydrogens (tertiary/aromatic N) is 1. The molecule has 0 amide bonds. The van der Waals surface area contributed by atoms with Crippen LogP contribution in [0, 0.1) is 6.92 Å². The molecule has 0 radical (unpaired) electrons. The standard InChI is InChI=1S/C17H30N2O2/c1-4-8-18-11-17-10-15(14(2)21-17)12-19(3)13-16-7-5-6-9-20-16/h10,16,18H,4-9,11-13H2,1-3H3. The van der Waals surface area contributed by atoms with E-state index in [0.29, 0.717) is 6.10 Å². The van der Waals surface area contributed by atoms with E-state index in [-0.39, 0.29) is 0 Å². The van der Waals surface area contributed by atoms with Crippen molar-refractivity contribution in [2.45, 2.75) is 58.7 Å². The molecule has 4 heteroatoms. The van der Waals surface area contributed by atoms with Gasteiger partial charge in [-0.25, -0.2) is 0 Å². The Morgan fingerprint density at radius 2 is 2.24 bits per heavy atom. The first-order valence-corrected chi connectivity index (χ1v) is 8.28. The molecule has 1 aliphatic heterocycles. The van der Waals surface area contributed by atoms with Crippen LogP contribution in [0.4, 0.5) is 0 Å². The summed E-state index contributed by atoms with van der Waals surface area (Å²) in [5, 5.41) is 3.38. The minimum Gasteiger partial charge on any atom is -0.465 e. The van der Waals surface area contributed by atoms with Gasteiger partial charge in [0.25, 0.3) is 0 Å². The highest BCUT2D eigenvalue weighted by atomic mass is 16.5. The molecule has 2 rings (SSSR count). The summed E-state index contributed by atoms with van der Waals surface area (Å²) in [5.41, 5.74) is 1.29. The van der Waals surface area contributed by atoms with Gasteiger partial charge in [-0.05, 0) is 52.3 Å². The molecule has 21 heavy (non-hydrogen) atoms. The van der Waals surface area contributed by atoms with Crippen molar-refractivity contribution in [1.29, 1.82) is 0 Å². The lowest BCUT2D eigenvalue weighted by Crippen LogP contribution is -2.33. The highest BCUT2D eigenvalue weighted by Gasteiger charge is 2.17. The van der Waals surface area contributed by atoms with E-state index in [1.54, 1.807) is 0 Å². The third-order valence-electron chi connectivity index (χ3n) is 4.03. The van der Waals surface area contributed by atoms with Crippen molar-refractivity contribution >= 4 is 0 Å². The zero-order valence-electron chi connectivity index (χ0n) is 13.8. The minimum atomic E-state index is 0.404. The van der Waals surface area contributed by atoms with Gasteiger partial charge in [-0.3, -0.25) is 4.90 Å². The van der Waals surface area contributed by atoms with Gasteiger partial charge in [0.2, 0.25) is 0 Å². The van der Waals surface area contributed by atoms with Crippen molar-refractivity contribution in [2.24, 2.45) is 0 Å². The lowest BCUT2D eigenvalue weighted by atomic mass is 10.1. The second-order valence-electron chi connectivity index (χ2n) is 6.16.